The van der Waals surface area contributed by atoms with Gasteiger partial charge in [-0.3, -0.25) is 4.79 Å². The highest BCUT2D eigenvalue weighted by Crippen LogP contribution is 1.89. The number of unbranched alkanes of at least 4 members (excludes halogenated alkanes) is 1. The van der Waals surface area contributed by atoms with Crippen molar-refractivity contribution in [2.24, 2.45) is 5.73 Å². The van der Waals surface area contributed by atoms with Crippen molar-refractivity contribution in [2.45, 2.75) is 25.9 Å². The van der Waals surface area contributed by atoms with Crippen LogP contribution in [0, 0.1) is 0 Å². The number of nitrogens with one attached hydrogen (secondary N) is 1. The number of aliphatic hydroxyl groups is 1. The van der Waals surface area contributed by atoms with Gasteiger partial charge in [0.2, 0.25) is 5.91 Å². The van der Waals surface area contributed by atoms with E-state index in [1.807, 2.05) is 0 Å². The maximum absolute atomic E-state index is 10.4. The second-order valence-electron chi connectivity index (χ2n) is 3.79. The van der Waals surface area contributed by atoms with E-state index in [0.29, 0.717) is 19.8 Å². The Balaban J connectivity index is 3.16. The van der Waals surface area contributed by atoms with Gasteiger partial charge in [0.05, 0.1) is 32.5 Å². The summed E-state index contributed by atoms with van der Waals surface area (Å²) in [5, 5.41) is 12.1. The normalized spacial score (nSPS) is 12.6. The molecule has 4 N–H and O–H groups in total. The molecule has 0 radical (unpaired) electrons. The van der Waals surface area contributed by atoms with Crippen LogP contribution in [0.4, 0.5) is 0 Å². The summed E-state index contributed by atoms with van der Waals surface area (Å²) in [4.78, 5) is 10.4. The molecule has 0 rings (SSSR count). The fraction of sp³-hybridized carbons (Fsp3) is 0.909. The number of hydrogen-bond acceptors (Lipinski definition) is 5. The van der Waals surface area contributed by atoms with Crippen LogP contribution >= 0.6 is 0 Å². The lowest BCUT2D eigenvalue weighted by Crippen LogP contribution is -2.36. The summed E-state index contributed by atoms with van der Waals surface area (Å²) in [5.41, 5.74) is 4.93. The molecule has 1 unspecified atom stereocenters. The third kappa shape index (κ3) is 13.2. The lowest BCUT2D eigenvalue weighted by atomic mass is 10.3. The Labute approximate surface area is 102 Å². The van der Waals surface area contributed by atoms with Crippen molar-refractivity contribution < 1.29 is 19.4 Å². The largest absolute Gasteiger partial charge is 0.389 e. The standard InChI is InChI=1S/C11H24N2O4/c1-2-3-4-16-5-6-17-9-10(14)7-13-8-11(12)15/h10,13-14H,2-9H2,1H3,(H2,12,15). The summed E-state index contributed by atoms with van der Waals surface area (Å²) in [7, 11) is 0. The van der Waals surface area contributed by atoms with Crippen LogP contribution < -0.4 is 11.1 Å². The summed E-state index contributed by atoms with van der Waals surface area (Å²) < 4.78 is 10.5. The Bertz CT molecular complexity index is 190. The zero-order chi connectivity index (χ0) is 12.9. The number of aliphatic hydroxyl groups excluding tert-OH is 1. The average Bonchev–Trinajstić information content (AvgIpc) is 2.27. The summed E-state index contributed by atoms with van der Waals surface area (Å²) in [6.45, 7) is 4.45. The van der Waals surface area contributed by atoms with Crippen LogP contribution in [0.15, 0.2) is 0 Å². The van der Waals surface area contributed by atoms with Crippen LogP contribution in [-0.4, -0.2) is 56.6 Å². The van der Waals surface area contributed by atoms with Crippen molar-refractivity contribution in [3.63, 3.8) is 0 Å². The lowest BCUT2D eigenvalue weighted by molar-refractivity contribution is -0.117. The van der Waals surface area contributed by atoms with Crippen molar-refractivity contribution in [2.75, 3.05) is 39.5 Å². The molecule has 0 aromatic heterocycles. The highest BCUT2D eigenvalue weighted by molar-refractivity contribution is 5.75. The first-order valence-corrected chi connectivity index (χ1v) is 5.99. The first kappa shape index (κ1) is 16.3. The van der Waals surface area contributed by atoms with Gasteiger partial charge in [0.1, 0.15) is 0 Å². The van der Waals surface area contributed by atoms with Crippen LogP contribution in [0.3, 0.4) is 0 Å². The first-order valence-electron chi connectivity index (χ1n) is 5.99. The van der Waals surface area contributed by atoms with E-state index in [1.54, 1.807) is 0 Å². The molecule has 102 valence electrons. The van der Waals surface area contributed by atoms with Gasteiger partial charge in [-0.2, -0.15) is 0 Å². The number of ether oxygens (including phenoxy) is 2. The molecule has 0 aromatic rings. The Hall–Kier alpha value is -0.690. The Morgan fingerprint density at radius 2 is 2.06 bits per heavy atom. The molecule has 1 atom stereocenters. The van der Waals surface area contributed by atoms with Crippen molar-refractivity contribution >= 4 is 5.91 Å². The first-order chi connectivity index (χ1) is 8.16. The van der Waals surface area contributed by atoms with Crippen molar-refractivity contribution in [1.29, 1.82) is 0 Å². The SMILES string of the molecule is CCCCOCCOCC(O)CNCC(N)=O. The number of hydrogen-bond donors (Lipinski definition) is 3. The number of primary amides is 1. The van der Waals surface area contributed by atoms with Crippen LogP contribution in [0.2, 0.25) is 0 Å². The molecular weight excluding hydrogens is 224 g/mol. The predicted octanol–water partition coefficient (Wildman–Crippen LogP) is -0.744. The van der Waals surface area contributed by atoms with Gasteiger partial charge in [0.15, 0.2) is 0 Å². The van der Waals surface area contributed by atoms with E-state index in [9.17, 15) is 9.90 Å². The minimum Gasteiger partial charge on any atom is -0.389 e. The highest BCUT2D eigenvalue weighted by atomic mass is 16.5. The van der Waals surface area contributed by atoms with Gasteiger partial charge in [-0.15, -0.1) is 0 Å². The zero-order valence-electron chi connectivity index (χ0n) is 10.5. The van der Waals surface area contributed by atoms with E-state index in [2.05, 4.69) is 12.2 Å². The van der Waals surface area contributed by atoms with Crippen molar-refractivity contribution in [3.8, 4) is 0 Å². The summed E-state index contributed by atoms with van der Waals surface area (Å²) in [5.74, 6) is -0.442. The number of nitrogens with two attached hydrogens (primary N) is 1. The molecule has 0 fully saturated rings. The van der Waals surface area contributed by atoms with Crippen molar-refractivity contribution in [3.05, 3.63) is 0 Å². The molecule has 0 aromatic carbocycles. The van der Waals surface area contributed by atoms with E-state index >= 15 is 0 Å². The predicted molar refractivity (Wildman–Crippen MR) is 64.6 cm³/mol. The number of carbonyl (C=O) groups is 1. The number of carbonyl (C=O) groups excluding carboxylic acids is 1. The minimum atomic E-state index is -0.634. The maximum Gasteiger partial charge on any atom is 0.231 e. The maximum atomic E-state index is 10.4. The quantitative estimate of drug-likeness (QED) is 0.395. The van der Waals surface area contributed by atoms with Gasteiger partial charge in [-0.1, -0.05) is 13.3 Å². The topological polar surface area (TPSA) is 93.8 Å². The zero-order valence-corrected chi connectivity index (χ0v) is 10.5. The Kier molecular flexibility index (Phi) is 11.3. The molecule has 0 spiro atoms. The van der Waals surface area contributed by atoms with E-state index in [-0.39, 0.29) is 13.2 Å². The van der Waals surface area contributed by atoms with E-state index < -0.39 is 12.0 Å². The molecule has 6 nitrogen and oxygen atoms in total. The van der Waals surface area contributed by atoms with Gasteiger partial charge in [0.25, 0.3) is 0 Å². The Morgan fingerprint density at radius 1 is 1.35 bits per heavy atom. The van der Waals surface area contributed by atoms with Crippen molar-refractivity contribution in [1.82, 2.24) is 5.32 Å². The molecule has 0 saturated carbocycles. The summed E-state index contributed by atoms with van der Waals surface area (Å²) in [6, 6.07) is 0. The fourth-order valence-corrected chi connectivity index (χ4v) is 1.11. The third-order valence-corrected chi connectivity index (χ3v) is 2.00. The summed E-state index contributed by atoms with van der Waals surface area (Å²) in [6.07, 6.45) is 1.54. The molecule has 6 heteroatoms. The monoisotopic (exact) mass is 248 g/mol. The molecule has 0 heterocycles. The average molecular weight is 248 g/mol. The highest BCUT2D eigenvalue weighted by Gasteiger charge is 2.04. The number of amides is 1. The molecule has 1 amide bonds. The van der Waals surface area contributed by atoms with E-state index in [1.165, 1.54) is 0 Å². The van der Waals surface area contributed by atoms with Gasteiger partial charge in [-0.25, -0.2) is 0 Å². The van der Waals surface area contributed by atoms with Crippen LogP contribution in [0.5, 0.6) is 0 Å². The van der Waals surface area contributed by atoms with Crippen LogP contribution in [0.25, 0.3) is 0 Å². The van der Waals surface area contributed by atoms with E-state index in [0.717, 1.165) is 19.4 Å². The Morgan fingerprint density at radius 3 is 2.71 bits per heavy atom. The fourth-order valence-electron chi connectivity index (χ4n) is 1.11. The van der Waals surface area contributed by atoms with Gasteiger partial charge in [0, 0.05) is 13.2 Å². The molecule has 0 aliphatic rings. The molecule has 0 aliphatic carbocycles. The van der Waals surface area contributed by atoms with Gasteiger partial charge in [-0.05, 0) is 6.42 Å². The summed E-state index contributed by atoms with van der Waals surface area (Å²) >= 11 is 0. The smallest absolute Gasteiger partial charge is 0.231 e. The van der Waals surface area contributed by atoms with Gasteiger partial charge < -0.3 is 25.6 Å². The molecular formula is C11H24N2O4. The second kappa shape index (κ2) is 11.8. The molecule has 17 heavy (non-hydrogen) atoms. The lowest BCUT2D eigenvalue weighted by Gasteiger charge is -2.11. The van der Waals surface area contributed by atoms with E-state index in [4.69, 9.17) is 15.2 Å². The molecule has 0 saturated heterocycles. The minimum absolute atomic E-state index is 0.0667. The van der Waals surface area contributed by atoms with Crippen LogP contribution in [0.1, 0.15) is 19.8 Å². The van der Waals surface area contributed by atoms with Crippen LogP contribution in [-0.2, 0) is 14.3 Å². The number of rotatable bonds is 12. The molecule has 0 aliphatic heterocycles. The van der Waals surface area contributed by atoms with Gasteiger partial charge >= 0.3 is 0 Å². The second-order valence-corrected chi connectivity index (χ2v) is 3.79. The molecule has 0 bridgehead atoms. The third-order valence-electron chi connectivity index (χ3n) is 2.00.